The van der Waals surface area contributed by atoms with E-state index in [0.29, 0.717) is 26.2 Å². The van der Waals surface area contributed by atoms with E-state index in [1.165, 1.54) is 0 Å². The van der Waals surface area contributed by atoms with E-state index in [1.807, 2.05) is 24.3 Å². The standard InChI is InChI=1S/C14H18N2O3S/c15-9-14-12(11-3-1-2-4-13(11)19-14)10-16-5-7-20(17,18)8-6-16/h1-4H,5-10,15H2. The Labute approximate surface area is 118 Å². The Bertz CT molecular complexity index is 707. The number of nitrogens with two attached hydrogens (primary N) is 1. The van der Waals surface area contributed by atoms with Gasteiger partial charge >= 0.3 is 0 Å². The molecule has 0 amide bonds. The quantitative estimate of drug-likeness (QED) is 0.918. The van der Waals surface area contributed by atoms with Crippen LogP contribution < -0.4 is 5.73 Å². The van der Waals surface area contributed by atoms with Crippen molar-refractivity contribution in [2.24, 2.45) is 5.73 Å². The van der Waals surface area contributed by atoms with Crippen molar-refractivity contribution in [2.45, 2.75) is 13.1 Å². The number of rotatable bonds is 3. The summed E-state index contributed by atoms with van der Waals surface area (Å²) in [6.45, 7) is 2.20. The number of hydrogen-bond donors (Lipinski definition) is 1. The van der Waals surface area contributed by atoms with E-state index in [2.05, 4.69) is 4.90 Å². The predicted octanol–water partition coefficient (Wildman–Crippen LogP) is 1.12. The Hall–Kier alpha value is -1.37. The number of benzene rings is 1. The highest BCUT2D eigenvalue weighted by Crippen LogP contribution is 2.27. The molecule has 1 fully saturated rings. The van der Waals surface area contributed by atoms with Crippen LogP contribution in [0.15, 0.2) is 28.7 Å². The van der Waals surface area contributed by atoms with Crippen LogP contribution in [0.4, 0.5) is 0 Å². The third-order valence-electron chi connectivity index (χ3n) is 3.79. The molecule has 0 radical (unpaired) electrons. The van der Waals surface area contributed by atoms with Crippen LogP contribution in [0.25, 0.3) is 11.0 Å². The van der Waals surface area contributed by atoms with Gasteiger partial charge < -0.3 is 10.2 Å². The first kappa shape index (κ1) is 13.6. The fraction of sp³-hybridized carbons (Fsp3) is 0.429. The largest absolute Gasteiger partial charge is 0.459 e. The van der Waals surface area contributed by atoms with Crippen LogP contribution >= 0.6 is 0 Å². The van der Waals surface area contributed by atoms with Crippen molar-refractivity contribution in [3.05, 3.63) is 35.6 Å². The molecule has 1 aromatic heterocycles. The molecule has 1 aliphatic rings. The van der Waals surface area contributed by atoms with E-state index in [1.54, 1.807) is 0 Å². The third-order valence-corrected chi connectivity index (χ3v) is 5.40. The van der Waals surface area contributed by atoms with E-state index < -0.39 is 9.84 Å². The highest BCUT2D eigenvalue weighted by Gasteiger charge is 2.23. The van der Waals surface area contributed by atoms with Crippen LogP contribution in [-0.4, -0.2) is 37.9 Å². The number of nitrogens with zero attached hydrogens (tertiary/aromatic N) is 1. The van der Waals surface area contributed by atoms with Crippen molar-refractivity contribution >= 4 is 20.8 Å². The van der Waals surface area contributed by atoms with Crippen LogP contribution in [0, 0.1) is 0 Å². The monoisotopic (exact) mass is 294 g/mol. The molecule has 6 heteroatoms. The molecule has 1 saturated heterocycles. The molecule has 0 spiro atoms. The summed E-state index contributed by atoms with van der Waals surface area (Å²) in [6.07, 6.45) is 0. The zero-order valence-electron chi connectivity index (χ0n) is 11.2. The lowest BCUT2D eigenvalue weighted by Crippen LogP contribution is -2.39. The van der Waals surface area contributed by atoms with Gasteiger partial charge in [0.15, 0.2) is 9.84 Å². The molecule has 0 unspecified atom stereocenters. The van der Waals surface area contributed by atoms with Crippen molar-refractivity contribution in [1.82, 2.24) is 4.90 Å². The van der Waals surface area contributed by atoms with Crippen LogP contribution in [-0.2, 0) is 22.9 Å². The van der Waals surface area contributed by atoms with Gasteiger partial charge in [0.2, 0.25) is 0 Å². The molecular weight excluding hydrogens is 276 g/mol. The average Bonchev–Trinajstić information content (AvgIpc) is 2.79. The molecule has 0 atom stereocenters. The summed E-state index contributed by atoms with van der Waals surface area (Å²) in [5.74, 6) is 1.27. The van der Waals surface area contributed by atoms with E-state index in [9.17, 15) is 8.42 Å². The Morgan fingerprint density at radius 2 is 1.90 bits per heavy atom. The number of hydrogen-bond acceptors (Lipinski definition) is 5. The van der Waals surface area contributed by atoms with Gasteiger partial charge in [-0.1, -0.05) is 18.2 Å². The summed E-state index contributed by atoms with van der Waals surface area (Å²) in [5.41, 5.74) is 7.68. The van der Waals surface area contributed by atoms with E-state index in [4.69, 9.17) is 10.2 Å². The van der Waals surface area contributed by atoms with Gasteiger partial charge in [-0.05, 0) is 6.07 Å². The second-order valence-corrected chi connectivity index (χ2v) is 7.44. The van der Waals surface area contributed by atoms with E-state index >= 15 is 0 Å². The third kappa shape index (κ3) is 2.59. The van der Waals surface area contributed by atoms with Crippen LogP contribution in [0.1, 0.15) is 11.3 Å². The molecule has 1 aliphatic heterocycles. The zero-order chi connectivity index (χ0) is 14.2. The van der Waals surface area contributed by atoms with Gasteiger partial charge in [0.1, 0.15) is 11.3 Å². The minimum atomic E-state index is -2.84. The highest BCUT2D eigenvalue weighted by molar-refractivity contribution is 7.91. The maximum Gasteiger partial charge on any atom is 0.152 e. The molecule has 1 aromatic carbocycles. The Kier molecular flexibility index (Phi) is 3.54. The van der Waals surface area contributed by atoms with Crippen LogP contribution in [0.5, 0.6) is 0 Å². The fourth-order valence-electron chi connectivity index (χ4n) is 2.62. The first-order valence-electron chi connectivity index (χ1n) is 6.71. The van der Waals surface area contributed by atoms with Crippen LogP contribution in [0.2, 0.25) is 0 Å². The molecule has 2 aromatic rings. The lowest BCUT2D eigenvalue weighted by Gasteiger charge is -2.26. The highest BCUT2D eigenvalue weighted by atomic mass is 32.2. The summed E-state index contributed by atoms with van der Waals surface area (Å²) in [6, 6.07) is 7.86. The predicted molar refractivity (Wildman–Crippen MR) is 78.0 cm³/mol. The Balaban J connectivity index is 1.87. The minimum Gasteiger partial charge on any atom is -0.459 e. The average molecular weight is 294 g/mol. The van der Waals surface area contributed by atoms with E-state index in [0.717, 1.165) is 22.3 Å². The molecule has 2 heterocycles. The van der Waals surface area contributed by atoms with Crippen molar-refractivity contribution in [3.63, 3.8) is 0 Å². The number of para-hydroxylation sites is 1. The van der Waals surface area contributed by atoms with Gasteiger partial charge in [0.05, 0.1) is 18.1 Å². The molecular formula is C14H18N2O3S. The van der Waals surface area contributed by atoms with Crippen molar-refractivity contribution in [3.8, 4) is 0 Å². The fourth-order valence-corrected chi connectivity index (χ4v) is 3.90. The van der Waals surface area contributed by atoms with Crippen molar-refractivity contribution < 1.29 is 12.8 Å². The summed E-state index contributed by atoms with van der Waals surface area (Å²) in [5, 5.41) is 1.07. The van der Waals surface area contributed by atoms with Crippen LogP contribution in [0.3, 0.4) is 0 Å². The SMILES string of the molecule is NCc1oc2ccccc2c1CN1CCS(=O)(=O)CC1. The first-order valence-corrected chi connectivity index (χ1v) is 8.53. The Morgan fingerprint density at radius 3 is 2.60 bits per heavy atom. The molecule has 3 rings (SSSR count). The summed E-state index contributed by atoms with van der Waals surface area (Å²) < 4.78 is 28.7. The topological polar surface area (TPSA) is 76.5 Å². The van der Waals surface area contributed by atoms with Gasteiger partial charge in [0.25, 0.3) is 0 Å². The molecule has 0 bridgehead atoms. The summed E-state index contributed by atoms with van der Waals surface area (Å²) >= 11 is 0. The van der Waals surface area contributed by atoms with Gasteiger partial charge in [-0.2, -0.15) is 0 Å². The maximum absolute atomic E-state index is 11.5. The second kappa shape index (κ2) is 5.20. The molecule has 20 heavy (non-hydrogen) atoms. The zero-order valence-corrected chi connectivity index (χ0v) is 12.0. The van der Waals surface area contributed by atoms with Crippen molar-refractivity contribution in [1.29, 1.82) is 0 Å². The number of furan rings is 1. The number of fused-ring (bicyclic) bond motifs is 1. The van der Waals surface area contributed by atoms with E-state index in [-0.39, 0.29) is 11.5 Å². The first-order chi connectivity index (χ1) is 9.59. The molecule has 0 aliphatic carbocycles. The Morgan fingerprint density at radius 1 is 1.20 bits per heavy atom. The van der Waals surface area contributed by atoms with Gasteiger partial charge in [-0.25, -0.2) is 8.42 Å². The normalized spacial score (nSPS) is 19.4. The molecule has 0 saturated carbocycles. The smallest absolute Gasteiger partial charge is 0.152 e. The molecule has 5 nitrogen and oxygen atoms in total. The second-order valence-electron chi connectivity index (χ2n) is 5.13. The van der Waals surface area contributed by atoms with Gasteiger partial charge in [0, 0.05) is 30.6 Å². The van der Waals surface area contributed by atoms with Crippen molar-refractivity contribution in [2.75, 3.05) is 24.6 Å². The minimum absolute atomic E-state index is 0.237. The summed E-state index contributed by atoms with van der Waals surface area (Å²) in [7, 11) is -2.84. The van der Waals surface area contributed by atoms with Gasteiger partial charge in [-0.3, -0.25) is 4.90 Å². The lowest BCUT2D eigenvalue weighted by atomic mass is 10.1. The molecule has 108 valence electrons. The molecule has 2 N–H and O–H groups in total. The lowest BCUT2D eigenvalue weighted by molar-refractivity contribution is 0.286. The number of sulfone groups is 1. The summed E-state index contributed by atoms with van der Waals surface area (Å²) in [4.78, 5) is 2.15. The van der Waals surface area contributed by atoms with Gasteiger partial charge in [-0.15, -0.1) is 0 Å². The maximum atomic E-state index is 11.5.